The molecule has 1 aromatic heterocycles. The summed E-state index contributed by atoms with van der Waals surface area (Å²) in [6.07, 6.45) is 9.79. The van der Waals surface area contributed by atoms with Crippen LogP contribution in [0.15, 0.2) is 16.5 Å². The summed E-state index contributed by atoms with van der Waals surface area (Å²) in [5.41, 5.74) is -0.167. The fourth-order valence-corrected chi connectivity index (χ4v) is 5.29. The Balaban J connectivity index is 1.37. The third-order valence-corrected chi connectivity index (χ3v) is 6.71. The molecule has 0 bridgehead atoms. The van der Waals surface area contributed by atoms with Crippen molar-refractivity contribution in [1.29, 1.82) is 0 Å². The van der Waals surface area contributed by atoms with Gasteiger partial charge in [0, 0.05) is 19.6 Å². The molecule has 5 nitrogen and oxygen atoms in total. The molecule has 26 heavy (non-hydrogen) atoms. The van der Waals surface area contributed by atoms with Gasteiger partial charge in [-0.15, -0.1) is 0 Å². The Hall–Kier alpha value is -1.33. The molecular weight excluding hydrogens is 328 g/mol. The first-order chi connectivity index (χ1) is 12.7. The van der Waals surface area contributed by atoms with Crippen molar-refractivity contribution in [3.8, 4) is 0 Å². The summed E-state index contributed by atoms with van der Waals surface area (Å²) < 4.78 is 5.63. The highest BCUT2D eigenvalue weighted by atomic mass is 16.4. The van der Waals surface area contributed by atoms with E-state index in [1.165, 1.54) is 32.1 Å². The van der Waals surface area contributed by atoms with Crippen LogP contribution in [0.5, 0.6) is 0 Å². The molecule has 4 rings (SSSR count). The zero-order valence-corrected chi connectivity index (χ0v) is 15.8. The van der Waals surface area contributed by atoms with E-state index in [1.54, 1.807) is 0 Å². The average molecular weight is 360 g/mol. The van der Waals surface area contributed by atoms with E-state index in [0.29, 0.717) is 11.7 Å². The van der Waals surface area contributed by atoms with Gasteiger partial charge in [0.2, 0.25) is 5.91 Å². The molecule has 2 saturated heterocycles. The Kier molecular flexibility index (Phi) is 5.37. The van der Waals surface area contributed by atoms with Crippen LogP contribution in [0.25, 0.3) is 0 Å². The second-order valence-corrected chi connectivity index (χ2v) is 8.63. The molecule has 1 spiro atoms. The van der Waals surface area contributed by atoms with E-state index < -0.39 is 0 Å². The van der Waals surface area contributed by atoms with Crippen LogP contribution in [0, 0.1) is 11.3 Å². The van der Waals surface area contributed by atoms with Crippen molar-refractivity contribution in [2.24, 2.45) is 11.3 Å². The average Bonchev–Trinajstić information content (AvgIpc) is 3.28. The summed E-state index contributed by atoms with van der Waals surface area (Å²) in [5, 5.41) is 9.15. The van der Waals surface area contributed by atoms with Crippen LogP contribution < -0.4 is 0 Å². The number of carbonyl (C=O) groups is 1. The summed E-state index contributed by atoms with van der Waals surface area (Å²) in [5.74, 6) is 2.63. The number of hydrogen-bond donors (Lipinski definition) is 1. The molecule has 3 aliphatic rings. The van der Waals surface area contributed by atoms with Crippen LogP contribution in [0.1, 0.15) is 62.9 Å². The van der Waals surface area contributed by atoms with Gasteiger partial charge in [-0.2, -0.15) is 0 Å². The van der Waals surface area contributed by atoms with Gasteiger partial charge in [-0.05, 0) is 56.7 Å². The highest BCUT2D eigenvalue weighted by Gasteiger charge is 2.48. The van der Waals surface area contributed by atoms with Crippen molar-refractivity contribution < 1.29 is 14.3 Å². The SMILES string of the molecule is O=C1N(CC2CCCCC2)CCCC12CCN(Cc1ccc(CO)o1)C2. The first kappa shape index (κ1) is 18.1. The van der Waals surface area contributed by atoms with E-state index in [9.17, 15) is 4.79 Å². The van der Waals surface area contributed by atoms with Crippen molar-refractivity contribution in [3.63, 3.8) is 0 Å². The second kappa shape index (κ2) is 7.73. The fraction of sp³-hybridized carbons (Fsp3) is 0.762. The number of piperidine rings is 1. The predicted octanol–water partition coefficient (Wildman–Crippen LogP) is 3.17. The van der Waals surface area contributed by atoms with Crippen molar-refractivity contribution in [2.75, 3.05) is 26.2 Å². The van der Waals surface area contributed by atoms with Gasteiger partial charge in [0.25, 0.3) is 0 Å². The van der Waals surface area contributed by atoms with Gasteiger partial charge < -0.3 is 14.4 Å². The lowest BCUT2D eigenvalue weighted by Crippen LogP contribution is -2.51. The zero-order chi connectivity index (χ0) is 18.0. The summed E-state index contributed by atoms with van der Waals surface area (Å²) in [6.45, 7) is 4.42. The lowest BCUT2D eigenvalue weighted by atomic mass is 9.77. The third-order valence-electron chi connectivity index (χ3n) is 6.71. The van der Waals surface area contributed by atoms with Gasteiger partial charge in [-0.3, -0.25) is 9.69 Å². The molecular formula is C21H32N2O3. The van der Waals surface area contributed by atoms with E-state index in [2.05, 4.69) is 9.80 Å². The minimum absolute atomic E-state index is 0.0570. The number of amides is 1. The van der Waals surface area contributed by atoms with Crippen LogP contribution in [0.4, 0.5) is 0 Å². The molecule has 0 radical (unpaired) electrons. The van der Waals surface area contributed by atoms with E-state index in [-0.39, 0.29) is 12.0 Å². The van der Waals surface area contributed by atoms with Crippen LogP contribution in [-0.2, 0) is 17.9 Å². The van der Waals surface area contributed by atoms with Gasteiger partial charge in [0.05, 0.1) is 12.0 Å². The molecule has 1 amide bonds. The Labute approximate surface area is 156 Å². The molecule has 1 aliphatic carbocycles. The molecule has 144 valence electrons. The molecule has 3 fully saturated rings. The van der Waals surface area contributed by atoms with E-state index in [1.807, 2.05) is 12.1 Å². The molecule has 1 unspecified atom stereocenters. The highest BCUT2D eigenvalue weighted by Crippen LogP contribution is 2.41. The normalized spacial score (nSPS) is 28.3. The quantitative estimate of drug-likeness (QED) is 0.876. The third kappa shape index (κ3) is 3.70. The van der Waals surface area contributed by atoms with Gasteiger partial charge >= 0.3 is 0 Å². The smallest absolute Gasteiger partial charge is 0.230 e. The van der Waals surface area contributed by atoms with Crippen LogP contribution in [-0.4, -0.2) is 47.0 Å². The van der Waals surface area contributed by atoms with E-state index in [4.69, 9.17) is 9.52 Å². The summed E-state index contributed by atoms with van der Waals surface area (Å²) in [6, 6.07) is 3.77. The van der Waals surface area contributed by atoms with Gasteiger partial charge in [0.15, 0.2) is 0 Å². The first-order valence-electron chi connectivity index (χ1n) is 10.4. The maximum Gasteiger partial charge on any atom is 0.230 e. The Morgan fingerprint density at radius 2 is 1.88 bits per heavy atom. The summed E-state index contributed by atoms with van der Waals surface area (Å²) in [7, 11) is 0. The zero-order valence-electron chi connectivity index (χ0n) is 15.8. The largest absolute Gasteiger partial charge is 0.462 e. The van der Waals surface area contributed by atoms with E-state index in [0.717, 1.165) is 63.7 Å². The Bertz CT molecular complexity index is 623. The molecule has 2 aliphatic heterocycles. The molecule has 1 atom stereocenters. The molecule has 0 aromatic carbocycles. The lowest BCUT2D eigenvalue weighted by molar-refractivity contribution is -0.146. The number of likely N-dealkylation sites (tertiary alicyclic amines) is 2. The molecule has 1 N–H and O–H groups in total. The Morgan fingerprint density at radius 3 is 2.65 bits per heavy atom. The van der Waals surface area contributed by atoms with E-state index >= 15 is 0 Å². The Morgan fingerprint density at radius 1 is 1.08 bits per heavy atom. The number of furan rings is 1. The van der Waals surface area contributed by atoms with Gasteiger partial charge in [0.1, 0.15) is 18.1 Å². The minimum atomic E-state index is -0.167. The molecule has 5 heteroatoms. The topological polar surface area (TPSA) is 56.9 Å². The number of aliphatic hydroxyl groups is 1. The first-order valence-corrected chi connectivity index (χ1v) is 10.4. The summed E-state index contributed by atoms with van der Waals surface area (Å²) in [4.78, 5) is 17.9. The van der Waals surface area contributed by atoms with Crippen molar-refractivity contribution in [1.82, 2.24) is 9.80 Å². The number of aliphatic hydroxyl groups excluding tert-OH is 1. The lowest BCUT2D eigenvalue weighted by Gasteiger charge is -2.41. The number of hydrogen-bond acceptors (Lipinski definition) is 4. The number of carbonyl (C=O) groups excluding carboxylic acids is 1. The van der Waals surface area contributed by atoms with Gasteiger partial charge in [-0.25, -0.2) is 0 Å². The van der Waals surface area contributed by atoms with Crippen LogP contribution in [0.2, 0.25) is 0 Å². The molecule has 3 heterocycles. The van der Waals surface area contributed by atoms with Crippen molar-refractivity contribution >= 4 is 5.91 Å². The maximum atomic E-state index is 13.3. The monoisotopic (exact) mass is 360 g/mol. The fourth-order valence-electron chi connectivity index (χ4n) is 5.29. The number of nitrogens with zero attached hydrogens (tertiary/aromatic N) is 2. The van der Waals surface area contributed by atoms with Crippen molar-refractivity contribution in [2.45, 2.75) is 64.5 Å². The molecule has 1 aromatic rings. The van der Waals surface area contributed by atoms with Crippen molar-refractivity contribution in [3.05, 3.63) is 23.7 Å². The maximum absolute atomic E-state index is 13.3. The number of rotatable bonds is 5. The summed E-state index contributed by atoms with van der Waals surface area (Å²) >= 11 is 0. The second-order valence-electron chi connectivity index (χ2n) is 8.63. The molecule has 1 saturated carbocycles. The van der Waals surface area contributed by atoms with Crippen LogP contribution in [0.3, 0.4) is 0 Å². The predicted molar refractivity (Wildman–Crippen MR) is 99.3 cm³/mol. The standard InChI is InChI=1S/C21H32N2O3/c24-15-19-8-7-18(26-19)14-22-12-10-21(16-22)9-4-11-23(20(21)25)13-17-5-2-1-3-6-17/h7-8,17,24H,1-6,9-16H2. The minimum Gasteiger partial charge on any atom is -0.462 e. The van der Waals surface area contributed by atoms with Crippen LogP contribution >= 0.6 is 0 Å². The van der Waals surface area contributed by atoms with Gasteiger partial charge in [-0.1, -0.05) is 19.3 Å². The highest BCUT2D eigenvalue weighted by molar-refractivity contribution is 5.84.